The third-order valence-corrected chi connectivity index (χ3v) is 8.16. The molecule has 2 N–H and O–H groups in total. The predicted molar refractivity (Wildman–Crippen MR) is 155 cm³/mol. The smallest absolute Gasteiger partial charge is 0.225 e. The number of nitrogens with one attached hydrogen (secondary N) is 2. The number of amides is 2. The van der Waals surface area contributed by atoms with Crippen LogP contribution in [0, 0.1) is 11.8 Å². The van der Waals surface area contributed by atoms with Gasteiger partial charge in [-0.3, -0.25) is 19.3 Å². The number of fused-ring (bicyclic) bond motifs is 1. The van der Waals surface area contributed by atoms with Crippen molar-refractivity contribution in [1.29, 1.82) is 0 Å². The van der Waals surface area contributed by atoms with Crippen LogP contribution in [0.3, 0.4) is 0 Å². The van der Waals surface area contributed by atoms with Crippen LogP contribution >= 0.6 is 0 Å². The monoisotopic (exact) mass is 531 g/mol. The Hall–Kier alpha value is -2.99. The highest BCUT2D eigenvalue weighted by molar-refractivity contribution is 5.91. The van der Waals surface area contributed by atoms with Gasteiger partial charge in [0, 0.05) is 19.0 Å². The third kappa shape index (κ3) is 8.76. The van der Waals surface area contributed by atoms with Crippen molar-refractivity contribution in [2.75, 3.05) is 13.1 Å². The average Bonchev–Trinajstić information content (AvgIpc) is 3.14. The minimum Gasteiger partial charge on any atom is -0.353 e. The average molecular weight is 532 g/mol. The Balaban J connectivity index is 1.35. The number of hydrogen-bond donors (Lipinski definition) is 2. The molecule has 4 rings (SSSR count). The molecule has 1 fully saturated rings. The van der Waals surface area contributed by atoms with Gasteiger partial charge in [0.15, 0.2) is 5.78 Å². The van der Waals surface area contributed by atoms with E-state index in [1.807, 2.05) is 30.3 Å². The molecule has 0 bridgehead atoms. The van der Waals surface area contributed by atoms with Gasteiger partial charge in [0.25, 0.3) is 0 Å². The molecule has 6 nitrogen and oxygen atoms in total. The molecule has 1 aliphatic heterocycles. The second-order valence-corrected chi connectivity index (χ2v) is 11.8. The zero-order chi connectivity index (χ0) is 27.6. The van der Waals surface area contributed by atoms with E-state index in [-0.39, 0.29) is 35.5 Å². The highest BCUT2D eigenvalue weighted by Crippen LogP contribution is 2.26. The lowest BCUT2D eigenvalue weighted by Gasteiger charge is -2.33. The van der Waals surface area contributed by atoms with Gasteiger partial charge >= 0.3 is 0 Å². The molecule has 0 radical (unpaired) electrons. The Kier molecular flexibility index (Phi) is 10.7. The van der Waals surface area contributed by atoms with E-state index in [0.717, 1.165) is 57.2 Å². The fourth-order valence-electron chi connectivity index (χ4n) is 6.05. The van der Waals surface area contributed by atoms with Crippen LogP contribution in [-0.2, 0) is 33.8 Å². The molecule has 1 heterocycles. The molecule has 6 heteroatoms. The van der Waals surface area contributed by atoms with Gasteiger partial charge in [-0.05, 0) is 67.7 Å². The first-order chi connectivity index (χ1) is 18.9. The van der Waals surface area contributed by atoms with Crippen molar-refractivity contribution < 1.29 is 14.4 Å². The number of aryl methyl sites for hydroxylation is 2. The van der Waals surface area contributed by atoms with Gasteiger partial charge in [-0.25, -0.2) is 0 Å². The fraction of sp³-hybridized carbons (Fsp3) is 0.545. The summed E-state index contributed by atoms with van der Waals surface area (Å²) in [6, 6.07) is 17.8. The minimum atomic E-state index is -0.507. The Morgan fingerprint density at radius 3 is 2.41 bits per heavy atom. The Morgan fingerprint density at radius 2 is 1.64 bits per heavy atom. The van der Waals surface area contributed by atoms with Crippen LogP contribution in [-0.4, -0.2) is 47.7 Å². The lowest BCUT2D eigenvalue weighted by atomic mass is 9.83. The Morgan fingerprint density at radius 1 is 0.923 bits per heavy atom. The number of nitrogens with zero attached hydrogens (tertiary/aromatic N) is 1. The highest BCUT2D eigenvalue weighted by Gasteiger charge is 2.34. The van der Waals surface area contributed by atoms with E-state index >= 15 is 0 Å². The lowest BCUT2D eigenvalue weighted by Crippen LogP contribution is -2.53. The largest absolute Gasteiger partial charge is 0.353 e. The molecule has 2 aromatic carbocycles. The number of hydrogen-bond acceptors (Lipinski definition) is 4. The number of Topliss-reactive ketones (excluding diaryl/α,β-unsaturated/α-hetero) is 1. The van der Waals surface area contributed by atoms with Crippen LogP contribution in [0.1, 0.15) is 75.5 Å². The summed E-state index contributed by atoms with van der Waals surface area (Å²) >= 11 is 0. The second-order valence-electron chi connectivity index (χ2n) is 11.8. The third-order valence-electron chi connectivity index (χ3n) is 8.16. The van der Waals surface area contributed by atoms with Gasteiger partial charge in [0.1, 0.15) is 0 Å². The van der Waals surface area contributed by atoms with E-state index in [1.165, 1.54) is 11.1 Å². The maximum Gasteiger partial charge on any atom is 0.225 e. The van der Waals surface area contributed by atoms with Gasteiger partial charge in [0.2, 0.25) is 11.8 Å². The van der Waals surface area contributed by atoms with Crippen molar-refractivity contribution in [2.45, 2.75) is 90.3 Å². The molecule has 2 amide bonds. The van der Waals surface area contributed by atoms with Gasteiger partial charge in [0.05, 0.1) is 18.5 Å². The number of benzene rings is 2. The zero-order valence-corrected chi connectivity index (χ0v) is 23.7. The van der Waals surface area contributed by atoms with Gasteiger partial charge in [-0.2, -0.15) is 0 Å². The van der Waals surface area contributed by atoms with E-state index < -0.39 is 6.04 Å². The molecule has 1 aliphatic carbocycles. The molecule has 0 saturated heterocycles. The van der Waals surface area contributed by atoms with Crippen LogP contribution in [0.15, 0.2) is 54.6 Å². The highest BCUT2D eigenvalue weighted by atomic mass is 16.2. The van der Waals surface area contributed by atoms with E-state index in [9.17, 15) is 14.4 Å². The predicted octanol–water partition coefficient (Wildman–Crippen LogP) is 4.84. The molecule has 1 saturated carbocycles. The van der Waals surface area contributed by atoms with E-state index in [4.69, 9.17) is 0 Å². The first-order valence-corrected chi connectivity index (χ1v) is 14.8. The molecule has 2 aliphatic rings. The van der Waals surface area contributed by atoms with Crippen molar-refractivity contribution in [3.8, 4) is 0 Å². The molecule has 0 spiro atoms. The van der Waals surface area contributed by atoms with Crippen molar-refractivity contribution >= 4 is 17.6 Å². The number of carbonyl (C=O) groups excluding carboxylic acids is 3. The van der Waals surface area contributed by atoms with Crippen molar-refractivity contribution in [3.05, 3.63) is 71.3 Å². The van der Waals surface area contributed by atoms with Crippen LogP contribution in [0.2, 0.25) is 0 Å². The molecule has 3 atom stereocenters. The molecule has 39 heavy (non-hydrogen) atoms. The number of carbonyl (C=O) groups is 3. The maximum atomic E-state index is 13.5. The number of rotatable bonds is 11. The Bertz CT molecular complexity index is 1100. The quantitative estimate of drug-likeness (QED) is 0.435. The van der Waals surface area contributed by atoms with Crippen LogP contribution < -0.4 is 10.6 Å². The molecule has 210 valence electrons. The molecular formula is C33H45N3O3. The molecule has 0 unspecified atom stereocenters. The van der Waals surface area contributed by atoms with E-state index in [1.54, 1.807) is 0 Å². The summed E-state index contributed by atoms with van der Waals surface area (Å²) in [5, 5.41) is 6.29. The zero-order valence-electron chi connectivity index (χ0n) is 23.7. The topological polar surface area (TPSA) is 78.5 Å². The van der Waals surface area contributed by atoms with Crippen LogP contribution in [0.4, 0.5) is 0 Å². The Labute approximate surface area is 233 Å². The molecule has 0 aromatic heterocycles. The number of ketones is 1. The summed E-state index contributed by atoms with van der Waals surface area (Å²) in [7, 11) is 0. The summed E-state index contributed by atoms with van der Waals surface area (Å²) < 4.78 is 0. The van der Waals surface area contributed by atoms with Gasteiger partial charge in [-0.1, -0.05) is 81.3 Å². The summed E-state index contributed by atoms with van der Waals surface area (Å²) in [5.74, 6) is -0.0466. The van der Waals surface area contributed by atoms with Crippen LogP contribution in [0.25, 0.3) is 0 Å². The van der Waals surface area contributed by atoms with E-state index in [0.29, 0.717) is 25.8 Å². The summed E-state index contributed by atoms with van der Waals surface area (Å²) in [6.07, 6.45) is 7.27. The van der Waals surface area contributed by atoms with Crippen molar-refractivity contribution in [3.63, 3.8) is 0 Å². The summed E-state index contributed by atoms with van der Waals surface area (Å²) in [5.41, 5.74) is 3.79. The van der Waals surface area contributed by atoms with Crippen molar-refractivity contribution in [2.24, 2.45) is 11.8 Å². The fourth-order valence-corrected chi connectivity index (χ4v) is 6.05. The second kappa shape index (κ2) is 14.4. The van der Waals surface area contributed by atoms with Gasteiger partial charge < -0.3 is 10.6 Å². The normalized spacial score (nSPS) is 20.5. The standard InChI is InChI=1S/C33H45N3O3/c1-24(2)21-30(31(37)23-36-20-10-15-26-13-6-7-14-27(26)22-36)35-33(39)28-16-8-9-17-29(28)34-32(38)19-18-25-11-4-3-5-12-25/h3-7,11-14,24,28-30H,8-10,15-23H2,1-2H3,(H,34,38)(H,35,39)/t28-,29+,30+/m1/s1. The molecular weight excluding hydrogens is 486 g/mol. The van der Waals surface area contributed by atoms with Crippen LogP contribution in [0.5, 0.6) is 0 Å². The minimum absolute atomic E-state index is 0.0141. The summed E-state index contributed by atoms with van der Waals surface area (Å²) in [6.45, 7) is 6.17. The van der Waals surface area contributed by atoms with Gasteiger partial charge in [-0.15, -0.1) is 0 Å². The lowest BCUT2D eigenvalue weighted by molar-refractivity contribution is -0.133. The van der Waals surface area contributed by atoms with Crippen molar-refractivity contribution in [1.82, 2.24) is 15.5 Å². The first-order valence-electron chi connectivity index (χ1n) is 14.8. The maximum absolute atomic E-state index is 13.5. The molecule has 2 aromatic rings. The van der Waals surface area contributed by atoms with E-state index in [2.05, 4.69) is 53.6 Å². The SMILES string of the molecule is CC(C)C[C@H](NC(=O)[C@@H]1CCCC[C@@H]1NC(=O)CCc1ccccc1)C(=O)CN1CCCc2ccccc2C1. The summed E-state index contributed by atoms with van der Waals surface area (Å²) in [4.78, 5) is 42.1. The first kappa shape index (κ1) is 29.0.